The van der Waals surface area contributed by atoms with Gasteiger partial charge in [0.25, 0.3) is 0 Å². The highest BCUT2D eigenvalue weighted by Gasteiger charge is 2.22. The summed E-state index contributed by atoms with van der Waals surface area (Å²) >= 11 is 6.03. The molecule has 0 unspecified atom stereocenters. The fourth-order valence-corrected chi connectivity index (χ4v) is 2.03. The molecule has 0 heterocycles. The van der Waals surface area contributed by atoms with E-state index in [1.807, 2.05) is 0 Å². The molecule has 0 saturated heterocycles. The molecule has 86 valence electrons. The van der Waals surface area contributed by atoms with Crippen LogP contribution in [0.25, 0.3) is 0 Å². The number of carbonyl (C=O) groups excluding carboxylic acids is 2. The number of carbonyl (C=O) groups is 2. The minimum Gasteiger partial charge on any atom is -0.506 e. The second-order valence-corrected chi connectivity index (χ2v) is 4.15. The minimum absolute atomic E-state index is 0.126. The van der Waals surface area contributed by atoms with Crippen LogP contribution in [-0.4, -0.2) is 16.7 Å². The molecule has 3 nitrogen and oxygen atoms in total. The van der Waals surface area contributed by atoms with Crippen LogP contribution in [-0.2, 0) is 0 Å². The summed E-state index contributed by atoms with van der Waals surface area (Å²) in [6.07, 6.45) is 0. The van der Waals surface area contributed by atoms with E-state index in [1.54, 1.807) is 13.8 Å². The summed E-state index contributed by atoms with van der Waals surface area (Å²) in [4.78, 5) is 22.8. The Labute approximate surface area is 99.0 Å². The zero-order chi connectivity index (χ0) is 12.6. The van der Waals surface area contributed by atoms with Gasteiger partial charge in [0.1, 0.15) is 5.75 Å². The molecular weight excluding hydrogens is 228 g/mol. The average Bonchev–Trinajstić information content (AvgIpc) is 2.13. The molecule has 0 aliphatic rings. The molecule has 1 N–H and O–H groups in total. The number of halogens is 1. The number of aromatic hydroxyl groups is 1. The van der Waals surface area contributed by atoms with Crippen LogP contribution >= 0.6 is 11.6 Å². The maximum Gasteiger partial charge on any atom is 0.163 e. The van der Waals surface area contributed by atoms with E-state index < -0.39 is 0 Å². The van der Waals surface area contributed by atoms with Gasteiger partial charge in [-0.3, -0.25) is 9.59 Å². The highest BCUT2D eigenvalue weighted by molar-refractivity contribution is 6.33. The molecule has 16 heavy (non-hydrogen) atoms. The van der Waals surface area contributed by atoms with E-state index >= 15 is 0 Å². The van der Waals surface area contributed by atoms with Crippen molar-refractivity contribution in [2.75, 3.05) is 0 Å². The Balaban J connectivity index is 3.80. The largest absolute Gasteiger partial charge is 0.506 e. The number of benzene rings is 1. The van der Waals surface area contributed by atoms with Crippen LogP contribution in [0.4, 0.5) is 0 Å². The molecule has 0 spiro atoms. The Kier molecular flexibility index (Phi) is 3.38. The number of ketones is 2. The first-order valence-corrected chi connectivity index (χ1v) is 5.20. The van der Waals surface area contributed by atoms with Crippen molar-refractivity contribution in [1.82, 2.24) is 0 Å². The number of hydrogen-bond acceptors (Lipinski definition) is 3. The number of Topliss-reactive ketones (excluding diaryl/α,β-unsaturated/α-hetero) is 2. The van der Waals surface area contributed by atoms with Crippen molar-refractivity contribution < 1.29 is 14.7 Å². The van der Waals surface area contributed by atoms with Gasteiger partial charge in [-0.1, -0.05) is 11.6 Å². The van der Waals surface area contributed by atoms with Gasteiger partial charge < -0.3 is 5.11 Å². The van der Waals surface area contributed by atoms with Crippen LogP contribution in [0.15, 0.2) is 0 Å². The van der Waals surface area contributed by atoms with Crippen LogP contribution in [0.1, 0.15) is 45.7 Å². The summed E-state index contributed by atoms with van der Waals surface area (Å²) in [6, 6.07) is 0. The fraction of sp³-hybridized carbons (Fsp3) is 0.333. The number of phenolic OH excluding ortho intramolecular Hbond substituents is 1. The predicted octanol–water partition coefficient (Wildman–Crippen LogP) is 3.07. The van der Waals surface area contributed by atoms with E-state index in [9.17, 15) is 14.7 Å². The van der Waals surface area contributed by atoms with Gasteiger partial charge in [0.15, 0.2) is 11.6 Å². The zero-order valence-corrected chi connectivity index (χ0v) is 10.4. The monoisotopic (exact) mass is 240 g/mol. The molecule has 0 aliphatic carbocycles. The lowest BCUT2D eigenvalue weighted by molar-refractivity contribution is 0.101. The number of phenols is 1. The van der Waals surface area contributed by atoms with E-state index in [0.717, 1.165) is 0 Å². The molecule has 1 aromatic carbocycles. The fourth-order valence-electron chi connectivity index (χ4n) is 1.84. The topological polar surface area (TPSA) is 54.4 Å². The van der Waals surface area contributed by atoms with Crippen LogP contribution < -0.4 is 0 Å². The van der Waals surface area contributed by atoms with E-state index in [1.165, 1.54) is 13.8 Å². The molecule has 1 aromatic rings. The summed E-state index contributed by atoms with van der Waals surface area (Å²) < 4.78 is 0. The van der Waals surface area contributed by atoms with Crippen molar-refractivity contribution in [1.29, 1.82) is 0 Å². The van der Waals surface area contributed by atoms with Gasteiger partial charge in [0.2, 0.25) is 0 Å². The highest BCUT2D eigenvalue weighted by Crippen LogP contribution is 2.36. The van der Waals surface area contributed by atoms with Crippen molar-refractivity contribution in [2.45, 2.75) is 27.7 Å². The van der Waals surface area contributed by atoms with Gasteiger partial charge in [0, 0.05) is 5.02 Å². The van der Waals surface area contributed by atoms with E-state index in [4.69, 9.17) is 11.6 Å². The van der Waals surface area contributed by atoms with Gasteiger partial charge in [-0.2, -0.15) is 0 Å². The highest BCUT2D eigenvalue weighted by atomic mass is 35.5. The first-order valence-electron chi connectivity index (χ1n) is 4.82. The molecule has 0 aromatic heterocycles. The Morgan fingerprint density at radius 1 is 1.00 bits per heavy atom. The molecule has 0 amide bonds. The Morgan fingerprint density at radius 3 is 1.56 bits per heavy atom. The minimum atomic E-state index is -0.306. The molecule has 0 aliphatic heterocycles. The summed E-state index contributed by atoms with van der Waals surface area (Å²) in [5.41, 5.74) is 1.27. The standard InChI is InChI=1S/C12H13ClO3/c1-5-9(7(3)14)12(16)10(8(4)15)6(2)11(5)13/h16H,1-4H3. The summed E-state index contributed by atoms with van der Waals surface area (Å²) in [7, 11) is 0. The third kappa shape index (κ3) is 1.83. The van der Waals surface area contributed by atoms with Gasteiger partial charge >= 0.3 is 0 Å². The van der Waals surface area contributed by atoms with Gasteiger partial charge in [-0.25, -0.2) is 0 Å². The van der Waals surface area contributed by atoms with Crippen LogP contribution in [0.5, 0.6) is 5.75 Å². The molecule has 4 heteroatoms. The SMILES string of the molecule is CC(=O)c1c(C)c(Cl)c(C)c(C(C)=O)c1O. The maximum atomic E-state index is 11.4. The van der Waals surface area contributed by atoms with Gasteiger partial charge in [0.05, 0.1) is 11.1 Å². The zero-order valence-electron chi connectivity index (χ0n) is 9.64. The molecule has 0 bridgehead atoms. The van der Waals surface area contributed by atoms with Gasteiger partial charge in [-0.15, -0.1) is 0 Å². The molecular formula is C12H13ClO3. The summed E-state index contributed by atoms with van der Waals surface area (Å²) in [6.45, 7) is 5.96. The number of hydrogen-bond donors (Lipinski definition) is 1. The second-order valence-electron chi connectivity index (χ2n) is 3.77. The first kappa shape index (κ1) is 12.7. The smallest absolute Gasteiger partial charge is 0.163 e. The van der Waals surface area contributed by atoms with E-state index in [0.29, 0.717) is 16.1 Å². The maximum absolute atomic E-state index is 11.4. The third-order valence-corrected chi connectivity index (χ3v) is 3.15. The lowest BCUT2D eigenvalue weighted by atomic mass is 9.94. The van der Waals surface area contributed by atoms with Crippen molar-refractivity contribution in [3.8, 4) is 5.75 Å². The Morgan fingerprint density at radius 2 is 1.31 bits per heavy atom. The number of rotatable bonds is 2. The van der Waals surface area contributed by atoms with E-state index in [-0.39, 0.29) is 28.4 Å². The summed E-state index contributed by atoms with van der Waals surface area (Å²) in [5, 5.41) is 10.3. The molecule has 0 radical (unpaired) electrons. The first-order chi connectivity index (χ1) is 7.29. The van der Waals surface area contributed by atoms with Crippen LogP contribution in [0.3, 0.4) is 0 Å². The molecule has 1 rings (SSSR count). The van der Waals surface area contributed by atoms with E-state index in [2.05, 4.69) is 0 Å². The third-order valence-electron chi connectivity index (χ3n) is 2.59. The second kappa shape index (κ2) is 4.26. The van der Waals surface area contributed by atoms with Crippen LogP contribution in [0, 0.1) is 13.8 Å². The lowest BCUT2D eigenvalue weighted by Gasteiger charge is -2.14. The van der Waals surface area contributed by atoms with Gasteiger partial charge in [-0.05, 0) is 38.8 Å². The molecule has 0 fully saturated rings. The van der Waals surface area contributed by atoms with Crippen molar-refractivity contribution in [3.63, 3.8) is 0 Å². The quantitative estimate of drug-likeness (QED) is 0.809. The van der Waals surface area contributed by atoms with Crippen LogP contribution in [0.2, 0.25) is 5.02 Å². The Bertz CT molecular complexity index is 449. The van der Waals surface area contributed by atoms with Crippen molar-refractivity contribution in [2.24, 2.45) is 0 Å². The lowest BCUT2D eigenvalue weighted by Crippen LogP contribution is -2.06. The van der Waals surface area contributed by atoms with Crippen molar-refractivity contribution >= 4 is 23.2 Å². The normalized spacial score (nSPS) is 10.3. The Hall–Kier alpha value is -1.35. The molecule has 0 saturated carbocycles. The average molecular weight is 241 g/mol. The molecule has 0 atom stereocenters. The summed E-state index contributed by atoms with van der Waals surface area (Å²) in [5.74, 6) is -0.877. The van der Waals surface area contributed by atoms with Crippen molar-refractivity contribution in [3.05, 3.63) is 27.3 Å². The predicted molar refractivity (Wildman–Crippen MR) is 62.6 cm³/mol.